The third kappa shape index (κ3) is 8.03. The van der Waals surface area contributed by atoms with Crippen molar-refractivity contribution in [1.82, 2.24) is 9.88 Å². The molecule has 1 aliphatic heterocycles. The molecule has 48 heavy (non-hydrogen) atoms. The van der Waals surface area contributed by atoms with E-state index in [4.69, 9.17) is 23.3 Å². The molecule has 0 N–H and O–H groups in total. The SMILES string of the molecule is CC.COCOc1c2c(c(OCP(OCc3ccccc3)OCc3ccccc3)c3cccnc13)C(=O)N(Cc1ccc(F)cc1)C2=O. The zero-order valence-electron chi connectivity index (χ0n) is 26.9. The first-order valence-electron chi connectivity index (χ1n) is 15.4. The molecule has 6 rings (SSSR count). The van der Waals surface area contributed by atoms with Crippen LogP contribution in [0.1, 0.15) is 51.3 Å². The van der Waals surface area contributed by atoms with Crippen LogP contribution in [0.3, 0.4) is 0 Å². The molecule has 4 aromatic carbocycles. The Morgan fingerprint density at radius 1 is 0.708 bits per heavy atom. The van der Waals surface area contributed by atoms with E-state index in [2.05, 4.69) is 4.98 Å². The number of ether oxygens (including phenoxy) is 3. The van der Waals surface area contributed by atoms with Gasteiger partial charge in [0.1, 0.15) is 22.6 Å². The highest BCUT2D eigenvalue weighted by Gasteiger charge is 2.43. The topological polar surface area (TPSA) is 96.4 Å². The third-order valence-corrected chi connectivity index (χ3v) is 8.39. The van der Waals surface area contributed by atoms with Gasteiger partial charge in [0, 0.05) is 18.7 Å². The quantitative estimate of drug-likeness (QED) is 0.0662. The third-order valence-electron chi connectivity index (χ3n) is 7.21. The Morgan fingerprint density at radius 2 is 1.29 bits per heavy atom. The molecule has 0 unspecified atom stereocenters. The molecule has 0 fully saturated rings. The van der Waals surface area contributed by atoms with E-state index in [0.717, 1.165) is 16.0 Å². The summed E-state index contributed by atoms with van der Waals surface area (Å²) in [4.78, 5) is 33.5. The van der Waals surface area contributed by atoms with Crippen LogP contribution in [0.2, 0.25) is 0 Å². The molecule has 1 aromatic heterocycles. The predicted octanol–water partition coefficient (Wildman–Crippen LogP) is 8.26. The lowest BCUT2D eigenvalue weighted by Gasteiger charge is -2.20. The number of carbonyl (C=O) groups excluding carboxylic acids is 2. The van der Waals surface area contributed by atoms with Crippen LogP contribution < -0.4 is 9.47 Å². The summed E-state index contributed by atoms with van der Waals surface area (Å²) in [5.41, 5.74) is 2.90. The Morgan fingerprint density at radius 3 is 1.88 bits per heavy atom. The van der Waals surface area contributed by atoms with Crippen LogP contribution in [0.25, 0.3) is 10.9 Å². The van der Waals surface area contributed by atoms with Crippen LogP contribution in [0.4, 0.5) is 4.39 Å². The second-order valence-electron chi connectivity index (χ2n) is 10.3. The summed E-state index contributed by atoms with van der Waals surface area (Å²) in [7, 11) is -0.177. The molecule has 0 saturated heterocycles. The standard InChI is InChI=1S/C35H30FN2O7P.C2H6/c1-41-22-42-33-30-29(34(39)38(35(30)40)19-24-14-16-27(36)17-15-24)32(28-13-8-18-37-31(28)33)43-23-46(44-20-25-9-4-2-5-10-25)45-21-26-11-6-3-7-12-26;1-2/h2-18H,19-23H2,1H3;1-2H3. The molecule has 0 atom stereocenters. The van der Waals surface area contributed by atoms with Crippen molar-refractivity contribution in [2.45, 2.75) is 33.6 Å². The Kier molecular flexibility index (Phi) is 12.2. The normalized spacial score (nSPS) is 12.2. The molecule has 2 amide bonds. The Balaban J connectivity index is 0.00000221. The average molecular weight is 671 g/mol. The van der Waals surface area contributed by atoms with Gasteiger partial charge in [-0.3, -0.25) is 19.5 Å². The van der Waals surface area contributed by atoms with Gasteiger partial charge < -0.3 is 23.3 Å². The van der Waals surface area contributed by atoms with E-state index in [1.807, 2.05) is 74.5 Å². The van der Waals surface area contributed by atoms with E-state index in [9.17, 15) is 14.0 Å². The molecule has 0 bridgehead atoms. The van der Waals surface area contributed by atoms with Gasteiger partial charge in [-0.15, -0.1) is 0 Å². The van der Waals surface area contributed by atoms with Crippen LogP contribution >= 0.6 is 8.38 Å². The average Bonchev–Trinajstić information content (AvgIpc) is 3.38. The maximum absolute atomic E-state index is 14.0. The van der Waals surface area contributed by atoms with Gasteiger partial charge in [0.05, 0.1) is 25.3 Å². The number of hydrogen-bond donors (Lipinski definition) is 0. The molecule has 0 spiro atoms. The van der Waals surface area contributed by atoms with Crippen molar-refractivity contribution < 1.29 is 37.2 Å². The van der Waals surface area contributed by atoms with Crippen molar-refractivity contribution in [1.29, 1.82) is 0 Å². The molecule has 2 heterocycles. The fourth-order valence-electron chi connectivity index (χ4n) is 5.01. The van der Waals surface area contributed by atoms with E-state index in [0.29, 0.717) is 16.5 Å². The first-order valence-corrected chi connectivity index (χ1v) is 16.8. The summed E-state index contributed by atoms with van der Waals surface area (Å²) in [6.45, 7) is 4.33. The fraction of sp³-hybridized carbons (Fsp3) is 0.216. The van der Waals surface area contributed by atoms with Crippen molar-refractivity contribution in [3.8, 4) is 11.5 Å². The van der Waals surface area contributed by atoms with E-state index < -0.39 is 26.0 Å². The highest BCUT2D eigenvalue weighted by atomic mass is 31.2. The molecule has 0 saturated carbocycles. The summed E-state index contributed by atoms with van der Waals surface area (Å²) in [6.07, 6.45) is 1.53. The number of methoxy groups -OCH3 is 1. The van der Waals surface area contributed by atoms with Crippen LogP contribution in [-0.4, -0.2) is 41.9 Å². The van der Waals surface area contributed by atoms with E-state index in [1.54, 1.807) is 18.3 Å². The summed E-state index contributed by atoms with van der Waals surface area (Å²) < 4.78 is 43.4. The summed E-state index contributed by atoms with van der Waals surface area (Å²) in [5.74, 6) is -1.30. The monoisotopic (exact) mass is 670 g/mol. The molecule has 0 radical (unpaired) electrons. The highest BCUT2D eigenvalue weighted by molar-refractivity contribution is 7.47. The second kappa shape index (κ2) is 16.9. The summed E-state index contributed by atoms with van der Waals surface area (Å²) >= 11 is 0. The number of hydrogen-bond acceptors (Lipinski definition) is 8. The molecule has 248 valence electrons. The van der Waals surface area contributed by atoms with Crippen molar-refractivity contribution >= 4 is 31.1 Å². The van der Waals surface area contributed by atoms with Crippen molar-refractivity contribution in [2.75, 3.05) is 20.3 Å². The van der Waals surface area contributed by atoms with Crippen LogP contribution in [0, 0.1) is 5.82 Å². The molecular weight excluding hydrogens is 634 g/mol. The van der Waals surface area contributed by atoms with Crippen molar-refractivity contribution in [3.63, 3.8) is 0 Å². The van der Waals surface area contributed by atoms with Gasteiger partial charge in [-0.25, -0.2) is 4.39 Å². The minimum Gasteiger partial charge on any atom is -0.483 e. The zero-order valence-corrected chi connectivity index (χ0v) is 27.8. The summed E-state index contributed by atoms with van der Waals surface area (Å²) in [5, 5.41) is 0.471. The molecular formula is C37H36FN2O7P. The van der Waals surface area contributed by atoms with Gasteiger partial charge in [-0.1, -0.05) is 86.6 Å². The van der Waals surface area contributed by atoms with E-state index in [1.165, 1.54) is 31.4 Å². The molecule has 9 nitrogen and oxygen atoms in total. The Bertz CT molecular complexity index is 1780. The van der Waals surface area contributed by atoms with E-state index in [-0.39, 0.29) is 55.5 Å². The van der Waals surface area contributed by atoms with Gasteiger partial charge in [0.15, 0.2) is 18.9 Å². The number of aromatic nitrogens is 1. The first kappa shape index (κ1) is 34.6. The number of benzene rings is 4. The number of halogens is 1. The number of fused-ring (bicyclic) bond motifs is 2. The lowest BCUT2D eigenvalue weighted by Crippen LogP contribution is -2.29. The lowest BCUT2D eigenvalue weighted by molar-refractivity contribution is 0.0505. The Hall–Kier alpha value is -4.73. The van der Waals surface area contributed by atoms with Crippen LogP contribution in [0.15, 0.2) is 103 Å². The zero-order chi connectivity index (χ0) is 33.9. The van der Waals surface area contributed by atoms with E-state index >= 15 is 0 Å². The lowest BCUT2D eigenvalue weighted by atomic mass is 10.0. The van der Waals surface area contributed by atoms with Gasteiger partial charge >= 0.3 is 0 Å². The first-order chi connectivity index (χ1) is 23.5. The number of pyridine rings is 1. The molecule has 1 aliphatic rings. The predicted molar refractivity (Wildman–Crippen MR) is 181 cm³/mol. The van der Waals surface area contributed by atoms with Crippen LogP contribution in [-0.2, 0) is 33.5 Å². The number of rotatable bonds is 14. The molecule has 0 aliphatic carbocycles. The Labute approximate surface area is 280 Å². The fourth-order valence-corrected chi connectivity index (χ4v) is 6.06. The van der Waals surface area contributed by atoms with Crippen molar-refractivity contribution in [2.24, 2.45) is 0 Å². The number of amides is 2. The van der Waals surface area contributed by atoms with Crippen molar-refractivity contribution in [3.05, 3.63) is 137 Å². The molecule has 11 heteroatoms. The highest BCUT2D eigenvalue weighted by Crippen LogP contribution is 2.47. The maximum Gasteiger partial charge on any atom is 0.265 e. The minimum atomic E-state index is -1.63. The number of nitrogens with zero attached hydrogens (tertiary/aromatic N) is 2. The minimum absolute atomic E-state index is 0.0186. The summed E-state index contributed by atoms with van der Waals surface area (Å²) in [6, 6.07) is 28.5. The number of carbonyl (C=O) groups is 2. The number of imide groups is 1. The smallest absolute Gasteiger partial charge is 0.265 e. The van der Waals surface area contributed by atoms with Gasteiger partial charge in [0.25, 0.3) is 11.8 Å². The van der Waals surface area contributed by atoms with Gasteiger partial charge in [-0.2, -0.15) is 0 Å². The second-order valence-corrected chi connectivity index (χ2v) is 11.7. The van der Waals surface area contributed by atoms with Crippen LogP contribution in [0.5, 0.6) is 11.5 Å². The van der Waals surface area contributed by atoms with Gasteiger partial charge in [-0.05, 0) is 41.0 Å². The largest absolute Gasteiger partial charge is 0.483 e. The molecule has 5 aromatic rings. The van der Waals surface area contributed by atoms with Gasteiger partial charge in [0.2, 0.25) is 8.38 Å². The maximum atomic E-state index is 14.0.